The molecule has 0 bridgehead atoms. The number of aliphatic hydroxyl groups is 1. The molecule has 1 fully saturated rings. The number of amides is 1. The lowest BCUT2D eigenvalue weighted by molar-refractivity contribution is -0.119. The van der Waals surface area contributed by atoms with Crippen LogP contribution in [0.15, 0.2) is 18.2 Å². The quantitative estimate of drug-likeness (QED) is 0.709. The molecular formula is C14H18Cl2N2O3. The average molecular weight is 333 g/mol. The number of rotatable bonds is 7. The van der Waals surface area contributed by atoms with E-state index < -0.39 is 6.10 Å². The van der Waals surface area contributed by atoms with Crippen LogP contribution in [0.4, 0.5) is 0 Å². The van der Waals surface area contributed by atoms with Crippen LogP contribution in [-0.4, -0.2) is 42.9 Å². The van der Waals surface area contributed by atoms with Crippen molar-refractivity contribution in [3.05, 3.63) is 28.2 Å². The van der Waals surface area contributed by atoms with E-state index in [0.717, 1.165) is 6.42 Å². The summed E-state index contributed by atoms with van der Waals surface area (Å²) in [5.41, 5.74) is 0. The highest BCUT2D eigenvalue weighted by Gasteiger charge is 2.20. The van der Waals surface area contributed by atoms with E-state index in [0.29, 0.717) is 35.3 Å². The maximum absolute atomic E-state index is 11.0. The second-order valence-electron chi connectivity index (χ2n) is 5.00. The second kappa shape index (κ2) is 7.84. The molecule has 1 heterocycles. The number of hydrogen-bond acceptors (Lipinski definition) is 4. The Labute approximate surface area is 133 Å². The Hall–Kier alpha value is -1.01. The van der Waals surface area contributed by atoms with E-state index in [9.17, 15) is 9.90 Å². The standard InChI is InChI=1S/C14H18Cl2N2O3/c15-9-1-3-12(16)13(5-9)21-8-11(19)7-17-6-10-2-4-14(20)18-10/h1,3,5,10-11,17,19H,2,4,6-8H2,(H,18,20). The van der Waals surface area contributed by atoms with Gasteiger partial charge in [0.1, 0.15) is 18.5 Å². The lowest BCUT2D eigenvalue weighted by Crippen LogP contribution is -2.40. The fraction of sp³-hybridized carbons (Fsp3) is 0.500. The average Bonchev–Trinajstić information content (AvgIpc) is 2.85. The Bertz CT molecular complexity index is 499. The van der Waals surface area contributed by atoms with Crippen LogP contribution >= 0.6 is 23.2 Å². The Morgan fingerprint density at radius 3 is 3.00 bits per heavy atom. The van der Waals surface area contributed by atoms with Crippen molar-refractivity contribution < 1.29 is 14.6 Å². The van der Waals surface area contributed by atoms with Gasteiger partial charge in [-0.2, -0.15) is 0 Å². The number of carbonyl (C=O) groups excluding carboxylic acids is 1. The van der Waals surface area contributed by atoms with E-state index >= 15 is 0 Å². The van der Waals surface area contributed by atoms with Crippen LogP contribution in [-0.2, 0) is 4.79 Å². The Morgan fingerprint density at radius 2 is 2.29 bits per heavy atom. The first-order valence-corrected chi connectivity index (χ1v) is 7.56. The van der Waals surface area contributed by atoms with Crippen molar-refractivity contribution in [3.63, 3.8) is 0 Å². The van der Waals surface area contributed by atoms with Crippen LogP contribution < -0.4 is 15.4 Å². The SMILES string of the molecule is O=C1CCC(CNCC(O)COc2cc(Cl)ccc2Cl)N1. The first-order chi connectivity index (χ1) is 10.0. The van der Waals surface area contributed by atoms with Crippen LogP contribution in [0.1, 0.15) is 12.8 Å². The van der Waals surface area contributed by atoms with Gasteiger partial charge in [0.25, 0.3) is 0 Å². The van der Waals surface area contributed by atoms with Crippen molar-refractivity contribution in [1.82, 2.24) is 10.6 Å². The van der Waals surface area contributed by atoms with Gasteiger partial charge in [0.2, 0.25) is 5.91 Å². The smallest absolute Gasteiger partial charge is 0.220 e. The summed E-state index contributed by atoms with van der Waals surface area (Å²) < 4.78 is 5.44. The molecule has 21 heavy (non-hydrogen) atoms. The summed E-state index contributed by atoms with van der Waals surface area (Å²) in [5, 5.41) is 16.8. The fourth-order valence-corrected chi connectivity index (χ4v) is 2.42. The Balaban J connectivity index is 1.66. The van der Waals surface area contributed by atoms with Gasteiger partial charge < -0.3 is 20.5 Å². The molecule has 2 atom stereocenters. The van der Waals surface area contributed by atoms with E-state index in [1.165, 1.54) is 0 Å². The zero-order chi connectivity index (χ0) is 15.2. The van der Waals surface area contributed by atoms with Crippen molar-refractivity contribution >= 4 is 29.1 Å². The van der Waals surface area contributed by atoms with Crippen LogP contribution in [0.5, 0.6) is 5.75 Å². The van der Waals surface area contributed by atoms with Crippen molar-refractivity contribution in [2.75, 3.05) is 19.7 Å². The molecule has 0 spiro atoms. The number of ether oxygens (including phenoxy) is 1. The monoisotopic (exact) mass is 332 g/mol. The lowest BCUT2D eigenvalue weighted by atomic mass is 10.2. The molecule has 1 aliphatic rings. The molecule has 3 N–H and O–H groups in total. The predicted octanol–water partition coefficient (Wildman–Crippen LogP) is 1.60. The molecule has 1 saturated heterocycles. The fourth-order valence-electron chi connectivity index (χ4n) is 2.09. The zero-order valence-electron chi connectivity index (χ0n) is 11.4. The van der Waals surface area contributed by atoms with Gasteiger partial charge in [-0.05, 0) is 18.6 Å². The van der Waals surface area contributed by atoms with Crippen molar-refractivity contribution in [1.29, 1.82) is 0 Å². The van der Waals surface area contributed by atoms with Gasteiger partial charge in [-0.3, -0.25) is 4.79 Å². The summed E-state index contributed by atoms with van der Waals surface area (Å²) in [6.07, 6.45) is 0.735. The molecule has 2 unspecified atom stereocenters. The number of benzene rings is 1. The molecule has 1 aromatic rings. The maximum atomic E-state index is 11.0. The number of carbonyl (C=O) groups is 1. The van der Waals surface area contributed by atoms with Gasteiger partial charge in [-0.1, -0.05) is 23.2 Å². The molecule has 1 aromatic carbocycles. The summed E-state index contributed by atoms with van der Waals surface area (Å²) >= 11 is 11.8. The molecule has 5 nitrogen and oxygen atoms in total. The summed E-state index contributed by atoms with van der Waals surface area (Å²) in [5.74, 6) is 0.535. The predicted molar refractivity (Wildman–Crippen MR) is 82.0 cm³/mol. The molecular weight excluding hydrogens is 315 g/mol. The first kappa shape index (κ1) is 16.4. The number of nitrogens with one attached hydrogen (secondary N) is 2. The van der Waals surface area contributed by atoms with Gasteiger partial charge in [0, 0.05) is 36.6 Å². The second-order valence-corrected chi connectivity index (χ2v) is 5.84. The Morgan fingerprint density at radius 1 is 1.48 bits per heavy atom. The molecule has 2 rings (SSSR count). The Kier molecular flexibility index (Phi) is 6.11. The van der Waals surface area contributed by atoms with E-state index in [2.05, 4.69) is 10.6 Å². The van der Waals surface area contributed by atoms with Crippen LogP contribution in [0.3, 0.4) is 0 Å². The van der Waals surface area contributed by atoms with Gasteiger partial charge in [0.05, 0.1) is 5.02 Å². The van der Waals surface area contributed by atoms with E-state index in [1.54, 1.807) is 18.2 Å². The highest BCUT2D eigenvalue weighted by Crippen LogP contribution is 2.27. The summed E-state index contributed by atoms with van der Waals surface area (Å²) in [7, 11) is 0. The maximum Gasteiger partial charge on any atom is 0.220 e. The van der Waals surface area contributed by atoms with E-state index in [1.807, 2.05) is 0 Å². The number of halogens is 2. The van der Waals surface area contributed by atoms with E-state index in [4.69, 9.17) is 27.9 Å². The first-order valence-electron chi connectivity index (χ1n) is 6.80. The normalized spacial score (nSPS) is 19.4. The van der Waals surface area contributed by atoms with Crippen LogP contribution in [0.2, 0.25) is 10.0 Å². The number of aliphatic hydroxyl groups excluding tert-OH is 1. The van der Waals surface area contributed by atoms with Crippen LogP contribution in [0.25, 0.3) is 0 Å². The highest BCUT2D eigenvalue weighted by atomic mass is 35.5. The molecule has 1 amide bonds. The van der Waals surface area contributed by atoms with Gasteiger partial charge in [0.15, 0.2) is 0 Å². The zero-order valence-corrected chi connectivity index (χ0v) is 13.0. The number of hydrogen-bond donors (Lipinski definition) is 3. The third-order valence-electron chi connectivity index (χ3n) is 3.18. The summed E-state index contributed by atoms with van der Waals surface area (Å²) in [6, 6.07) is 5.07. The largest absolute Gasteiger partial charge is 0.489 e. The third kappa shape index (κ3) is 5.36. The van der Waals surface area contributed by atoms with Crippen molar-refractivity contribution in [3.8, 4) is 5.75 Å². The molecule has 1 aliphatic heterocycles. The van der Waals surface area contributed by atoms with Crippen molar-refractivity contribution in [2.45, 2.75) is 25.0 Å². The van der Waals surface area contributed by atoms with Gasteiger partial charge in [-0.15, -0.1) is 0 Å². The lowest BCUT2D eigenvalue weighted by Gasteiger charge is -2.16. The van der Waals surface area contributed by atoms with Crippen LogP contribution in [0, 0.1) is 0 Å². The summed E-state index contributed by atoms with van der Waals surface area (Å²) in [6.45, 7) is 1.13. The highest BCUT2D eigenvalue weighted by molar-refractivity contribution is 6.34. The van der Waals surface area contributed by atoms with Gasteiger partial charge in [-0.25, -0.2) is 0 Å². The van der Waals surface area contributed by atoms with E-state index in [-0.39, 0.29) is 18.6 Å². The molecule has 0 radical (unpaired) electrons. The molecule has 116 valence electrons. The topological polar surface area (TPSA) is 70.6 Å². The third-order valence-corrected chi connectivity index (χ3v) is 3.73. The molecule has 0 saturated carbocycles. The van der Waals surface area contributed by atoms with Crippen molar-refractivity contribution in [2.24, 2.45) is 0 Å². The summed E-state index contributed by atoms with van der Waals surface area (Å²) in [4.78, 5) is 11.0. The molecule has 0 aromatic heterocycles. The molecule has 7 heteroatoms. The molecule has 0 aliphatic carbocycles. The minimum Gasteiger partial charge on any atom is -0.489 e. The minimum absolute atomic E-state index is 0.0845. The van der Waals surface area contributed by atoms with Gasteiger partial charge >= 0.3 is 0 Å². The minimum atomic E-state index is -0.669.